The van der Waals surface area contributed by atoms with Crippen molar-refractivity contribution in [3.8, 4) is 0 Å². The zero-order chi connectivity index (χ0) is 8.43. The van der Waals surface area contributed by atoms with E-state index in [1.165, 1.54) is 0 Å². The summed E-state index contributed by atoms with van der Waals surface area (Å²) in [4.78, 5) is 0. The Bertz CT molecular complexity index is 115. The molecule has 3 heteroatoms. The van der Waals surface area contributed by atoms with Crippen molar-refractivity contribution in [2.24, 2.45) is 5.92 Å². The minimum Gasteiger partial charge on any atom is -0.378 e. The van der Waals surface area contributed by atoms with Gasteiger partial charge in [-0.25, -0.2) is 0 Å². The molecule has 1 aliphatic rings. The summed E-state index contributed by atoms with van der Waals surface area (Å²) < 4.78 is 10.4. The number of methoxy groups -OCH3 is 1. The first kappa shape index (κ1) is 8.97. The normalized spacial score (nSPS) is 45.8. The number of rotatable bonds is 1. The summed E-state index contributed by atoms with van der Waals surface area (Å²) in [6.07, 6.45) is 0.187. The van der Waals surface area contributed by atoms with E-state index >= 15 is 0 Å². The highest BCUT2D eigenvalue weighted by Crippen LogP contribution is 2.25. The molecule has 1 N–H and O–H groups in total. The number of aliphatic hydroxyl groups excluding tert-OH is 1. The summed E-state index contributed by atoms with van der Waals surface area (Å²) in [6, 6.07) is 0. The van der Waals surface area contributed by atoms with Crippen molar-refractivity contribution < 1.29 is 14.6 Å². The highest BCUT2D eigenvalue weighted by atomic mass is 16.6. The molecule has 1 heterocycles. The summed E-state index contributed by atoms with van der Waals surface area (Å²) in [6.45, 7) is 3.99. The standard InChI is InChI=1S/C8H16O3/c1-5-4-7(9)11-6(2)8(5)10-3/h5-9H,4H2,1-3H3. The average Bonchev–Trinajstić information content (AvgIpc) is 1.85. The van der Waals surface area contributed by atoms with Crippen molar-refractivity contribution in [3.63, 3.8) is 0 Å². The third-order valence-corrected chi connectivity index (χ3v) is 2.24. The maximum absolute atomic E-state index is 9.19. The lowest BCUT2D eigenvalue weighted by Crippen LogP contribution is -2.43. The maximum Gasteiger partial charge on any atom is 0.155 e. The Hall–Kier alpha value is -0.120. The predicted molar refractivity (Wildman–Crippen MR) is 41.1 cm³/mol. The van der Waals surface area contributed by atoms with Crippen LogP contribution in [0.1, 0.15) is 20.3 Å². The van der Waals surface area contributed by atoms with Crippen molar-refractivity contribution in [1.82, 2.24) is 0 Å². The summed E-state index contributed by atoms with van der Waals surface area (Å²) >= 11 is 0. The van der Waals surface area contributed by atoms with E-state index in [1.54, 1.807) is 7.11 Å². The second kappa shape index (κ2) is 3.52. The molecule has 1 fully saturated rings. The quantitative estimate of drug-likeness (QED) is 0.615. The first-order valence-corrected chi connectivity index (χ1v) is 4.01. The minimum absolute atomic E-state index is 0.00116. The molecule has 1 saturated heterocycles. The van der Waals surface area contributed by atoms with Crippen LogP contribution >= 0.6 is 0 Å². The predicted octanol–water partition coefficient (Wildman–Crippen LogP) is 0.765. The van der Waals surface area contributed by atoms with Crippen LogP contribution in [0.5, 0.6) is 0 Å². The molecular formula is C8H16O3. The topological polar surface area (TPSA) is 38.7 Å². The lowest BCUT2D eigenvalue weighted by molar-refractivity contribution is -0.215. The molecule has 0 radical (unpaired) electrons. The highest BCUT2D eigenvalue weighted by molar-refractivity contribution is 4.78. The zero-order valence-electron chi connectivity index (χ0n) is 7.28. The summed E-state index contributed by atoms with van der Waals surface area (Å²) in [5, 5.41) is 9.19. The minimum atomic E-state index is -0.605. The summed E-state index contributed by atoms with van der Waals surface area (Å²) in [5.41, 5.74) is 0. The molecule has 0 saturated carbocycles. The molecule has 1 aliphatic heterocycles. The lowest BCUT2D eigenvalue weighted by atomic mass is 9.94. The molecule has 11 heavy (non-hydrogen) atoms. The molecule has 0 aromatic heterocycles. The van der Waals surface area contributed by atoms with Crippen LogP contribution in [0.2, 0.25) is 0 Å². The molecule has 0 bridgehead atoms. The first-order valence-electron chi connectivity index (χ1n) is 4.01. The van der Waals surface area contributed by atoms with Crippen LogP contribution in [0.15, 0.2) is 0 Å². The molecule has 1 rings (SSSR count). The molecule has 3 nitrogen and oxygen atoms in total. The number of hydrogen-bond acceptors (Lipinski definition) is 3. The van der Waals surface area contributed by atoms with Crippen molar-refractivity contribution >= 4 is 0 Å². The van der Waals surface area contributed by atoms with E-state index in [9.17, 15) is 5.11 Å². The second-order valence-electron chi connectivity index (χ2n) is 3.21. The van der Waals surface area contributed by atoms with Gasteiger partial charge in [-0.3, -0.25) is 0 Å². The van der Waals surface area contributed by atoms with Crippen molar-refractivity contribution in [2.75, 3.05) is 7.11 Å². The third kappa shape index (κ3) is 1.92. The molecular weight excluding hydrogens is 144 g/mol. The first-order chi connectivity index (χ1) is 5.15. The molecule has 0 aromatic carbocycles. The fourth-order valence-corrected chi connectivity index (χ4v) is 1.72. The summed E-state index contributed by atoms with van der Waals surface area (Å²) in [5.74, 6) is 0.374. The highest BCUT2D eigenvalue weighted by Gasteiger charge is 2.32. The van der Waals surface area contributed by atoms with Gasteiger partial charge in [0, 0.05) is 13.5 Å². The summed E-state index contributed by atoms with van der Waals surface area (Å²) in [7, 11) is 1.68. The van der Waals surface area contributed by atoms with Crippen LogP contribution < -0.4 is 0 Å². The van der Waals surface area contributed by atoms with E-state index in [0.29, 0.717) is 12.3 Å². The number of aliphatic hydroxyl groups is 1. The Labute approximate surface area is 67.3 Å². The largest absolute Gasteiger partial charge is 0.378 e. The zero-order valence-corrected chi connectivity index (χ0v) is 7.28. The van der Waals surface area contributed by atoms with Crippen LogP contribution in [-0.2, 0) is 9.47 Å². The number of hydrogen-bond donors (Lipinski definition) is 1. The van der Waals surface area contributed by atoms with Crippen molar-refractivity contribution in [3.05, 3.63) is 0 Å². The van der Waals surface area contributed by atoms with E-state index in [1.807, 2.05) is 6.92 Å². The van der Waals surface area contributed by atoms with Gasteiger partial charge in [-0.05, 0) is 12.8 Å². The fourth-order valence-electron chi connectivity index (χ4n) is 1.72. The van der Waals surface area contributed by atoms with Gasteiger partial charge in [0.2, 0.25) is 0 Å². The molecule has 4 atom stereocenters. The Morgan fingerprint density at radius 3 is 2.55 bits per heavy atom. The fraction of sp³-hybridized carbons (Fsp3) is 1.00. The van der Waals surface area contributed by atoms with Gasteiger partial charge in [0.15, 0.2) is 6.29 Å². The van der Waals surface area contributed by atoms with Gasteiger partial charge in [-0.2, -0.15) is 0 Å². The molecule has 66 valence electrons. The Morgan fingerprint density at radius 2 is 2.09 bits per heavy atom. The van der Waals surface area contributed by atoms with E-state index < -0.39 is 6.29 Å². The second-order valence-corrected chi connectivity index (χ2v) is 3.21. The van der Waals surface area contributed by atoms with Crippen LogP contribution in [-0.4, -0.2) is 30.7 Å². The number of ether oxygens (including phenoxy) is 2. The van der Waals surface area contributed by atoms with Crippen molar-refractivity contribution in [2.45, 2.75) is 38.8 Å². The van der Waals surface area contributed by atoms with Crippen LogP contribution in [0.3, 0.4) is 0 Å². The van der Waals surface area contributed by atoms with Gasteiger partial charge >= 0.3 is 0 Å². The average molecular weight is 160 g/mol. The van der Waals surface area contributed by atoms with Crippen LogP contribution in [0.25, 0.3) is 0 Å². The SMILES string of the molecule is COC1C(C)CC(O)OC1C. The van der Waals surface area contributed by atoms with E-state index in [4.69, 9.17) is 9.47 Å². The van der Waals surface area contributed by atoms with E-state index in [0.717, 1.165) is 0 Å². The third-order valence-electron chi connectivity index (χ3n) is 2.24. The smallest absolute Gasteiger partial charge is 0.155 e. The van der Waals surface area contributed by atoms with Gasteiger partial charge in [0.1, 0.15) is 0 Å². The molecule has 0 spiro atoms. The molecule has 4 unspecified atom stereocenters. The Kier molecular flexibility index (Phi) is 2.87. The molecule has 0 aliphatic carbocycles. The Morgan fingerprint density at radius 1 is 1.45 bits per heavy atom. The van der Waals surface area contributed by atoms with Gasteiger partial charge in [-0.1, -0.05) is 6.92 Å². The van der Waals surface area contributed by atoms with E-state index in [-0.39, 0.29) is 12.2 Å². The molecule has 0 aromatic rings. The van der Waals surface area contributed by atoms with E-state index in [2.05, 4.69) is 6.92 Å². The van der Waals surface area contributed by atoms with Crippen LogP contribution in [0.4, 0.5) is 0 Å². The van der Waals surface area contributed by atoms with Gasteiger partial charge < -0.3 is 14.6 Å². The lowest BCUT2D eigenvalue weighted by Gasteiger charge is -2.36. The van der Waals surface area contributed by atoms with Crippen molar-refractivity contribution in [1.29, 1.82) is 0 Å². The Balaban J connectivity index is 2.52. The van der Waals surface area contributed by atoms with Gasteiger partial charge in [-0.15, -0.1) is 0 Å². The monoisotopic (exact) mass is 160 g/mol. The maximum atomic E-state index is 9.19. The van der Waals surface area contributed by atoms with Crippen LogP contribution in [0, 0.1) is 5.92 Å². The molecule has 0 amide bonds. The van der Waals surface area contributed by atoms with Gasteiger partial charge in [0.25, 0.3) is 0 Å². The van der Waals surface area contributed by atoms with Gasteiger partial charge in [0.05, 0.1) is 12.2 Å².